The lowest BCUT2D eigenvalue weighted by molar-refractivity contribution is -0.138. The Morgan fingerprint density at radius 2 is 1.89 bits per heavy atom. The van der Waals surface area contributed by atoms with Crippen LogP contribution < -0.4 is 10.5 Å². The van der Waals surface area contributed by atoms with Gasteiger partial charge in [-0.15, -0.1) is 0 Å². The smallest absolute Gasteiger partial charge is 0.325 e. The molecule has 0 radical (unpaired) electrons. The number of hydrogen-bond donors (Lipinski definition) is 2. The van der Waals surface area contributed by atoms with Crippen molar-refractivity contribution < 1.29 is 14.6 Å². The molecule has 0 aliphatic rings. The fraction of sp³-hybridized carbons (Fsp3) is 0.133. The highest BCUT2D eigenvalue weighted by atomic mass is 16.5. The van der Waals surface area contributed by atoms with Gasteiger partial charge in [-0.25, -0.2) is 0 Å². The first-order valence-corrected chi connectivity index (χ1v) is 5.92. The SMILES string of the molecule is N[C@H](C(=O)O)c1cccc(OCc2ccccc2)c1. The Morgan fingerprint density at radius 1 is 1.16 bits per heavy atom. The minimum Gasteiger partial charge on any atom is -0.489 e. The van der Waals surface area contributed by atoms with Crippen LogP contribution in [0.2, 0.25) is 0 Å². The summed E-state index contributed by atoms with van der Waals surface area (Å²) < 4.78 is 5.61. The fourth-order valence-electron chi connectivity index (χ4n) is 1.68. The number of rotatable bonds is 5. The summed E-state index contributed by atoms with van der Waals surface area (Å²) in [5, 5.41) is 8.87. The molecule has 0 fully saturated rings. The molecule has 3 N–H and O–H groups in total. The highest BCUT2D eigenvalue weighted by molar-refractivity contribution is 5.75. The number of nitrogens with two attached hydrogens (primary N) is 1. The second kappa shape index (κ2) is 6.02. The Hall–Kier alpha value is -2.33. The molecule has 2 rings (SSSR count). The van der Waals surface area contributed by atoms with E-state index >= 15 is 0 Å². The zero-order valence-electron chi connectivity index (χ0n) is 10.3. The lowest BCUT2D eigenvalue weighted by atomic mass is 10.1. The number of carboxylic acids is 1. The lowest BCUT2D eigenvalue weighted by Gasteiger charge is -2.10. The molecule has 1 atom stereocenters. The van der Waals surface area contributed by atoms with E-state index in [2.05, 4.69) is 0 Å². The van der Waals surface area contributed by atoms with Gasteiger partial charge in [0.15, 0.2) is 0 Å². The molecule has 0 unspecified atom stereocenters. The maximum atomic E-state index is 10.8. The van der Waals surface area contributed by atoms with Crippen LogP contribution in [-0.2, 0) is 11.4 Å². The average Bonchev–Trinajstić information content (AvgIpc) is 2.45. The van der Waals surface area contributed by atoms with Crippen LogP contribution in [0.5, 0.6) is 5.75 Å². The third-order valence-corrected chi connectivity index (χ3v) is 2.73. The van der Waals surface area contributed by atoms with E-state index in [1.807, 2.05) is 30.3 Å². The van der Waals surface area contributed by atoms with Crippen LogP contribution in [0.15, 0.2) is 54.6 Å². The molecule has 0 aliphatic heterocycles. The molecule has 98 valence electrons. The third-order valence-electron chi connectivity index (χ3n) is 2.73. The second-order valence-electron chi connectivity index (χ2n) is 4.16. The number of hydrogen-bond acceptors (Lipinski definition) is 3. The minimum atomic E-state index is -1.06. The summed E-state index contributed by atoms with van der Waals surface area (Å²) in [5.41, 5.74) is 7.14. The lowest BCUT2D eigenvalue weighted by Crippen LogP contribution is -2.20. The van der Waals surface area contributed by atoms with Crippen LogP contribution in [0.3, 0.4) is 0 Å². The Bertz CT molecular complexity index is 554. The molecular formula is C15H15NO3. The van der Waals surface area contributed by atoms with E-state index in [1.165, 1.54) is 0 Å². The van der Waals surface area contributed by atoms with Crippen molar-refractivity contribution in [3.63, 3.8) is 0 Å². The molecule has 4 heteroatoms. The number of carboxylic acid groups (broad SMARTS) is 1. The molecule has 4 nitrogen and oxygen atoms in total. The van der Waals surface area contributed by atoms with Gasteiger partial charge in [0.05, 0.1) is 0 Å². The van der Waals surface area contributed by atoms with Gasteiger partial charge in [-0.3, -0.25) is 4.79 Å². The van der Waals surface area contributed by atoms with Crippen LogP contribution >= 0.6 is 0 Å². The first kappa shape index (κ1) is 13.1. The molecule has 19 heavy (non-hydrogen) atoms. The fourth-order valence-corrected chi connectivity index (χ4v) is 1.68. The van der Waals surface area contributed by atoms with Crippen LogP contribution in [0.1, 0.15) is 17.2 Å². The largest absolute Gasteiger partial charge is 0.489 e. The molecule has 0 spiro atoms. The molecule has 0 aliphatic carbocycles. The predicted octanol–water partition coefficient (Wildman–Crippen LogP) is 2.35. The molecule has 0 aromatic heterocycles. The standard InChI is InChI=1S/C15H15NO3/c16-14(15(17)18)12-7-4-8-13(9-12)19-10-11-5-2-1-3-6-11/h1-9,14H,10,16H2,(H,17,18)/t14-/m0/s1. The zero-order chi connectivity index (χ0) is 13.7. The van der Waals surface area contributed by atoms with E-state index in [-0.39, 0.29) is 0 Å². The summed E-state index contributed by atoms with van der Waals surface area (Å²) in [5.74, 6) is -0.446. The van der Waals surface area contributed by atoms with Crippen molar-refractivity contribution >= 4 is 5.97 Å². The van der Waals surface area contributed by atoms with Crippen molar-refractivity contribution in [2.75, 3.05) is 0 Å². The van der Waals surface area contributed by atoms with Gasteiger partial charge in [0.25, 0.3) is 0 Å². The Kier molecular flexibility index (Phi) is 4.15. The van der Waals surface area contributed by atoms with Crippen molar-refractivity contribution in [3.05, 3.63) is 65.7 Å². The van der Waals surface area contributed by atoms with E-state index in [4.69, 9.17) is 15.6 Å². The molecular weight excluding hydrogens is 242 g/mol. The van der Waals surface area contributed by atoms with Crippen LogP contribution in [-0.4, -0.2) is 11.1 Å². The summed E-state index contributed by atoms with van der Waals surface area (Å²) in [6, 6.07) is 15.6. The molecule has 0 bridgehead atoms. The summed E-state index contributed by atoms with van der Waals surface area (Å²) >= 11 is 0. The van der Waals surface area contributed by atoms with Crippen molar-refractivity contribution in [1.82, 2.24) is 0 Å². The van der Waals surface area contributed by atoms with Gasteiger partial charge < -0.3 is 15.6 Å². The summed E-state index contributed by atoms with van der Waals surface area (Å²) in [6.45, 7) is 0.437. The topological polar surface area (TPSA) is 72.6 Å². The average molecular weight is 257 g/mol. The van der Waals surface area contributed by atoms with Gasteiger partial charge in [0.2, 0.25) is 0 Å². The Labute approximate surface area is 111 Å². The third kappa shape index (κ3) is 3.56. The van der Waals surface area contributed by atoms with Crippen LogP contribution in [0.4, 0.5) is 0 Å². The Balaban J connectivity index is 2.05. The number of benzene rings is 2. The molecule has 2 aromatic rings. The summed E-state index contributed by atoms with van der Waals surface area (Å²) in [4.78, 5) is 10.8. The van der Waals surface area contributed by atoms with Gasteiger partial charge in [-0.05, 0) is 23.3 Å². The highest BCUT2D eigenvalue weighted by Crippen LogP contribution is 2.19. The number of carbonyl (C=O) groups is 1. The molecule has 0 saturated carbocycles. The van der Waals surface area contributed by atoms with Gasteiger partial charge in [0.1, 0.15) is 18.4 Å². The first-order valence-electron chi connectivity index (χ1n) is 5.92. The second-order valence-corrected chi connectivity index (χ2v) is 4.16. The molecule has 2 aromatic carbocycles. The minimum absolute atomic E-state index is 0.437. The predicted molar refractivity (Wildman–Crippen MR) is 71.8 cm³/mol. The molecule has 0 saturated heterocycles. The van der Waals surface area contributed by atoms with Crippen molar-refractivity contribution in [3.8, 4) is 5.75 Å². The molecule has 0 amide bonds. The van der Waals surface area contributed by atoms with E-state index < -0.39 is 12.0 Å². The van der Waals surface area contributed by atoms with Gasteiger partial charge in [-0.2, -0.15) is 0 Å². The number of aliphatic carboxylic acids is 1. The van der Waals surface area contributed by atoms with Crippen molar-refractivity contribution in [2.24, 2.45) is 5.73 Å². The van der Waals surface area contributed by atoms with Gasteiger partial charge >= 0.3 is 5.97 Å². The molecule has 0 heterocycles. The van der Waals surface area contributed by atoms with Crippen molar-refractivity contribution in [2.45, 2.75) is 12.6 Å². The van der Waals surface area contributed by atoms with E-state index in [0.717, 1.165) is 5.56 Å². The number of ether oxygens (including phenoxy) is 1. The maximum Gasteiger partial charge on any atom is 0.325 e. The quantitative estimate of drug-likeness (QED) is 0.862. The summed E-state index contributed by atoms with van der Waals surface area (Å²) in [6.07, 6.45) is 0. The van der Waals surface area contributed by atoms with Gasteiger partial charge in [0, 0.05) is 0 Å². The van der Waals surface area contributed by atoms with Crippen molar-refractivity contribution in [1.29, 1.82) is 0 Å². The maximum absolute atomic E-state index is 10.8. The zero-order valence-corrected chi connectivity index (χ0v) is 10.3. The Morgan fingerprint density at radius 3 is 2.58 bits per heavy atom. The van der Waals surface area contributed by atoms with Crippen LogP contribution in [0.25, 0.3) is 0 Å². The summed E-state index contributed by atoms with van der Waals surface area (Å²) in [7, 11) is 0. The van der Waals surface area contributed by atoms with Gasteiger partial charge in [-0.1, -0.05) is 42.5 Å². The van der Waals surface area contributed by atoms with Crippen LogP contribution in [0, 0.1) is 0 Å². The van der Waals surface area contributed by atoms with E-state index in [0.29, 0.717) is 17.9 Å². The van der Waals surface area contributed by atoms with E-state index in [1.54, 1.807) is 24.3 Å². The highest BCUT2D eigenvalue weighted by Gasteiger charge is 2.14. The van der Waals surface area contributed by atoms with E-state index in [9.17, 15) is 4.79 Å². The first-order chi connectivity index (χ1) is 9.16. The monoisotopic (exact) mass is 257 g/mol. The normalized spacial score (nSPS) is 11.8.